The van der Waals surface area contributed by atoms with Crippen LogP contribution in [0.2, 0.25) is 0 Å². The van der Waals surface area contributed by atoms with Gasteiger partial charge in [-0.3, -0.25) is 0 Å². The minimum absolute atomic E-state index is 0.0131. The molecule has 12 aromatic carbocycles. The van der Waals surface area contributed by atoms with Gasteiger partial charge in [0.2, 0.25) is 0 Å². The summed E-state index contributed by atoms with van der Waals surface area (Å²) in [4.78, 5) is 14.6. The Morgan fingerprint density at radius 1 is 0.306 bits per heavy atom. The molecule has 3 fully saturated rings. The summed E-state index contributed by atoms with van der Waals surface area (Å²) >= 11 is 3.93. The Kier molecular flexibility index (Phi) is 20.3. The van der Waals surface area contributed by atoms with Crippen LogP contribution in [-0.4, -0.2) is 107 Å². The molecule has 0 unspecified atom stereocenters. The minimum Gasteiger partial charge on any atom is -0.456 e. The Morgan fingerprint density at radius 2 is 0.734 bits per heavy atom. The Bertz CT molecular complexity index is 6650. The molecule has 0 amide bonds. The molecular formula is C102H79B9N10OS2. The lowest BCUT2D eigenvalue weighted by Gasteiger charge is -2.48. The highest BCUT2D eigenvalue weighted by atomic mass is 32.2. The molecule has 1 aliphatic carbocycles. The predicted octanol–water partition coefficient (Wildman–Crippen LogP) is 20.1. The van der Waals surface area contributed by atoms with Crippen LogP contribution in [0.4, 0.5) is 0 Å². The molecule has 0 N–H and O–H groups in total. The second-order valence-electron chi connectivity index (χ2n) is 32.8. The highest BCUT2D eigenvalue weighted by Gasteiger charge is 2.51. The number of hydrogen-bond acceptors (Lipinski definition) is 12. The molecular weight excluding hydrogens is 1540 g/mol. The van der Waals surface area contributed by atoms with Gasteiger partial charge in [0.25, 0.3) is 0 Å². The lowest BCUT2D eigenvalue weighted by Crippen LogP contribution is -2.71. The predicted molar refractivity (Wildman–Crippen MR) is 530 cm³/mol. The number of para-hydroxylation sites is 2. The van der Waals surface area contributed by atoms with Crippen LogP contribution >= 0.6 is 22.9 Å². The second kappa shape index (κ2) is 33.0. The van der Waals surface area contributed by atoms with Gasteiger partial charge in [0.15, 0.2) is 17.5 Å². The van der Waals surface area contributed by atoms with Crippen molar-refractivity contribution in [1.82, 2.24) is 47.9 Å². The third-order valence-electron chi connectivity index (χ3n) is 25.1. The van der Waals surface area contributed by atoms with E-state index in [0.29, 0.717) is 23.6 Å². The number of allylic oxidation sites excluding steroid dienone is 12. The van der Waals surface area contributed by atoms with Gasteiger partial charge in [0.1, 0.15) is 0 Å². The van der Waals surface area contributed by atoms with E-state index in [1.807, 2.05) is 83.6 Å². The van der Waals surface area contributed by atoms with Crippen LogP contribution in [0.3, 0.4) is 0 Å². The molecule has 10 aliphatic rings. The standard InChI is InChI=1S/C41H33B3N2S.C32H24B3N3O.C29H22B3N5S/c1-41(2)39-16-10-9-15-37(39)38-22-19-33(27-40(38)41)32-17-20-36(21-18-32)44-45-28-34(30-11-5-3-6-12-30)23-25-42(45)47-43-26-24-35(29-46(43)44)31-13-7-4-8-14-31;1-2-10-28(11-3-1)38-31-13-5-4-12-29(31)30-19-16-26(24-32(30)38)25-14-17-27(18-15-25)35-36-22-8-6-20-33(36)39-34-21-7-9-23-37(34)35;1-3-11-23(12-4-1)27-33-28(24-13-5-2-6-14-24)35-29(34-27)25-15-17-26(18-16-25)32-37-22-9-7-19-30(37)36-21-10-8-20-31(36)38-32/h3-29H,1-2H3;1-24H;1-22H. The molecule has 582 valence electrons. The van der Waals surface area contributed by atoms with Gasteiger partial charge in [-0.1, -0.05) is 365 Å². The van der Waals surface area contributed by atoms with Crippen LogP contribution in [0.25, 0.3) is 106 Å². The largest absolute Gasteiger partial charge is 0.456 e. The van der Waals surface area contributed by atoms with E-state index in [4.69, 9.17) is 19.5 Å². The summed E-state index contributed by atoms with van der Waals surface area (Å²) in [5, 5.41) is 2.54. The van der Waals surface area contributed by atoms with E-state index >= 15 is 0 Å². The minimum atomic E-state index is -0.0839. The fourth-order valence-corrected chi connectivity index (χ4v) is 21.6. The SMILES string of the molecule is C1=CB2OB3C=CC=CN3B(c3ccc(-c4ccc5c6ccccc6n(-c6ccccc6)c5c4)cc3)N2C=C1.C1=CB2SB(c3ccc(-c4nc(-c5ccccc5)nc(-c5ccccc5)n4)cc3)N3C=CC=CB3N2C=C1.CC1(C)c2ccccc2-c2ccc(-c3ccc(B4N5C=C(c6ccccc6)C=CB5SB5C=CC(c6ccccc6)=CN54)cc3)cc21. The first-order valence-corrected chi connectivity index (χ1v) is 44.5. The number of hydrogen-bond donors (Lipinski definition) is 0. The molecule has 11 heterocycles. The van der Waals surface area contributed by atoms with E-state index < -0.39 is 0 Å². The van der Waals surface area contributed by atoms with Crippen LogP contribution in [0.1, 0.15) is 36.1 Å². The normalized spacial score (nSPS) is 16.3. The van der Waals surface area contributed by atoms with E-state index in [1.54, 1.807) is 0 Å². The average Bonchev–Trinajstić information content (AvgIpc) is 1.49. The Balaban J connectivity index is 0.000000111. The molecule has 2 aromatic heterocycles. The van der Waals surface area contributed by atoms with E-state index in [-0.39, 0.29) is 58.8 Å². The molecule has 0 spiro atoms. The molecule has 3 saturated heterocycles. The van der Waals surface area contributed by atoms with Crippen LogP contribution < -0.4 is 16.4 Å². The quantitative estimate of drug-likeness (QED) is 0.116. The lowest BCUT2D eigenvalue weighted by atomic mass is 9.47. The first-order valence-electron chi connectivity index (χ1n) is 42.7. The van der Waals surface area contributed by atoms with Crippen molar-refractivity contribution in [1.29, 1.82) is 0 Å². The molecule has 22 heteroatoms. The number of aromatic nitrogens is 4. The number of rotatable bonds is 11. The molecule has 0 bridgehead atoms. The van der Waals surface area contributed by atoms with Gasteiger partial charge >= 0.3 is 59.6 Å². The Hall–Kier alpha value is -13.6. The van der Waals surface area contributed by atoms with Gasteiger partial charge in [-0.15, -0.1) is 0 Å². The lowest BCUT2D eigenvalue weighted by molar-refractivity contribution is 0.475. The molecule has 9 aliphatic heterocycles. The van der Waals surface area contributed by atoms with Crippen LogP contribution in [0.5, 0.6) is 0 Å². The van der Waals surface area contributed by atoms with Crippen LogP contribution in [-0.2, 0) is 9.99 Å². The smallest absolute Gasteiger partial charge is 0.418 e. The van der Waals surface area contributed by atoms with E-state index in [1.165, 1.54) is 111 Å². The van der Waals surface area contributed by atoms with Crippen LogP contribution in [0, 0.1) is 0 Å². The maximum Gasteiger partial charge on any atom is 0.418 e. The highest BCUT2D eigenvalue weighted by molar-refractivity contribution is 8.46. The fourth-order valence-electron chi connectivity index (χ4n) is 18.9. The third-order valence-corrected chi connectivity index (χ3v) is 27.9. The summed E-state index contributed by atoms with van der Waals surface area (Å²) < 4.78 is 23.2. The number of nitrogens with zero attached hydrogens (tertiary/aromatic N) is 10. The molecule has 14 aromatic rings. The van der Waals surface area contributed by atoms with Crippen molar-refractivity contribution in [2.45, 2.75) is 19.3 Å². The molecule has 24 rings (SSSR count). The van der Waals surface area contributed by atoms with Crippen molar-refractivity contribution in [2.24, 2.45) is 0 Å². The zero-order valence-corrected chi connectivity index (χ0v) is 70.2. The summed E-state index contributed by atoms with van der Waals surface area (Å²) in [5.41, 5.74) is 25.7. The van der Waals surface area contributed by atoms with Gasteiger partial charge in [0.05, 0.1) is 11.0 Å². The van der Waals surface area contributed by atoms with Crippen molar-refractivity contribution in [3.8, 4) is 73.2 Å². The van der Waals surface area contributed by atoms with E-state index in [2.05, 4.69) is 429 Å². The third kappa shape index (κ3) is 14.4. The average molecular weight is 1620 g/mol. The molecule has 0 radical (unpaired) electrons. The van der Waals surface area contributed by atoms with Gasteiger partial charge < -0.3 is 37.5 Å². The number of fused-ring (bicyclic) bond motifs is 13. The Labute approximate surface area is 736 Å². The number of benzene rings is 12. The topological polar surface area (TPSA) is 72.3 Å². The van der Waals surface area contributed by atoms with Crippen molar-refractivity contribution in [3.05, 3.63) is 465 Å². The van der Waals surface area contributed by atoms with Gasteiger partial charge in [-0.05, 0) is 175 Å². The Morgan fingerprint density at radius 3 is 1.32 bits per heavy atom. The first-order chi connectivity index (χ1) is 61.2. The molecule has 0 atom stereocenters. The highest BCUT2D eigenvalue weighted by Crippen LogP contribution is 2.50. The molecule has 0 saturated carbocycles. The monoisotopic (exact) mass is 1620 g/mol. The summed E-state index contributed by atoms with van der Waals surface area (Å²) in [6, 6.07) is 111. The van der Waals surface area contributed by atoms with Gasteiger partial charge in [-0.25, -0.2) is 15.0 Å². The molecule has 124 heavy (non-hydrogen) atoms. The van der Waals surface area contributed by atoms with E-state index in [9.17, 15) is 0 Å². The maximum atomic E-state index is 6.33. The molecule has 11 nitrogen and oxygen atoms in total. The van der Waals surface area contributed by atoms with Crippen LogP contribution in [0.15, 0.2) is 443 Å². The van der Waals surface area contributed by atoms with Crippen molar-refractivity contribution in [2.75, 3.05) is 0 Å². The van der Waals surface area contributed by atoms with E-state index in [0.717, 1.165) is 16.7 Å². The summed E-state index contributed by atoms with van der Waals surface area (Å²) in [6.45, 7) is 5.00. The first kappa shape index (κ1) is 76.5. The fraction of sp³-hybridized carbons (Fsp3) is 0.0294. The van der Waals surface area contributed by atoms with Crippen molar-refractivity contribution < 1.29 is 4.57 Å². The van der Waals surface area contributed by atoms with Gasteiger partial charge in [-0.2, -0.15) is 22.9 Å². The summed E-state index contributed by atoms with van der Waals surface area (Å²) in [6.07, 6.45) is 35.7. The summed E-state index contributed by atoms with van der Waals surface area (Å²) in [5.74, 6) is 15.5. The van der Waals surface area contributed by atoms with Crippen molar-refractivity contribution in [3.63, 3.8) is 0 Å². The second-order valence-corrected chi connectivity index (χ2v) is 35.3. The zero-order chi connectivity index (χ0) is 82.6. The van der Waals surface area contributed by atoms with Crippen molar-refractivity contribution >= 4 is 132 Å². The zero-order valence-electron chi connectivity index (χ0n) is 68.5. The van der Waals surface area contributed by atoms with Gasteiger partial charge in [0, 0.05) is 38.6 Å². The summed E-state index contributed by atoms with van der Waals surface area (Å²) in [7, 11) is -0.168. The maximum absolute atomic E-state index is 6.33.